The van der Waals surface area contributed by atoms with E-state index in [1.165, 1.54) is 37.7 Å². The molecule has 1 aliphatic carbocycles. The van der Waals surface area contributed by atoms with Crippen LogP contribution < -0.4 is 10.1 Å². The van der Waals surface area contributed by atoms with Gasteiger partial charge in [-0.25, -0.2) is 4.98 Å². The number of hydrogen-bond donors (Lipinski definition) is 1. The van der Waals surface area contributed by atoms with E-state index in [4.69, 9.17) is 4.74 Å². The van der Waals surface area contributed by atoms with Crippen molar-refractivity contribution in [2.45, 2.75) is 38.1 Å². The molecule has 0 radical (unpaired) electrons. The molecule has 1 aliphatic rings. The summed E-state index contributed by atoms with van der Waals surface area (Å²) in [5, 5.41) is 3.40. The lowest BCUT2D eigenvalue weighted by molar-refractivity contribution is 0.387. The topological polar surface area (TPSA) is 34.2 Å². The van der Waals surface area contributed by atoms with E-state index in [0.29, 0.717) is 0 Å². The molecule has 1 aromatic heterocycles. The fourth-order valence-corrected chi connectivity index (χ4v) is 2.64. The van der Waals surface area contributed by atoms with Crippen molar-refractivity contribution in [3.8, 4) is 5.88 Å². The van der Waals surface area contributed by atoms with Crippen LogP contribution in [0.25, 0.3) is 0 Å². The van der Waals surface area contributed by atoms with Crippen LogP contribution in [0, 0.1) is 0 Å². The molecule has 0 aromatic carbocycles. The highest BCUT2D eigenvalue weighted by Crippen LogP contribution is 2.32. The van der Waals surface area contributed by atoms with Gasteiger partial charge in [0.05, 0.1) is 13.2 Å². The molecule has 1 unspecified atom stereocenters. The van der Waals surface area contributed by atoms with Gasteiger partial charge in [0.1, 0.15) is 0 Å². The third kappa shape index (κ3) is 2.91. The predicted octanol–water partition coefficient (Wildman–Crippen LogP) is 3.24. The Bertz CT molecular complexity index is 415. The third-order valence-electron chi connectivity index (χ3n) is 3.54. The quantitative estimate of drug-likeness (QED) is 0.828. The Morgan fingerprint density at radius 3 is 3.00 bits per heavy atom. The van der Waals surface area contributed by atoms with Gasteiger partial charge in [-0.05, 0) is 38.8 Å². The van der Waals surface area contributed by atoms with Gasteiger partial charge in [-0.15, -0.1) is 0 Å². The van der Waals surface area contributed by atoms with E-state index in [0.717, 1.165) is 11.4 Å². The van der Waals surface area contributed by atoms with Crippen LogP contribution in [0.3, 0.4) is 0 Å². The van der Waals surface area contributed by atoms with E-state index in [-0.39, 0.29) is 6.04 Å². The van der Waals surface area contributed by atoms with Crippen LogP contribution in [0.1, 0.15) is 43.7 Å². The number of likely N-dealkylation sites (N-methyl/N-ethyl adjacent to an activating group) is 1. The fraction of sp³-hybridized carbons (Fsp3) is 0.533. The van der Waals surface area contributed by atoms with E-state index >= 15 is 0 Å². The highest BCUT2D eigenvalue weighted by atomic mass is 16.5. The molecule has 18 heavy (non-hydrogen) atoms. The average molecular weight is 246 g/mol. The first-order chi connectivity index (χ1) is 8.86. The summed E-state index contributed by atoms with van der Waals surface area (Å²) in [7, 11) is 3.68. The summed E-state index contributed by atoms with van der Waals surface area (Å²) in [6, 6.07) is 4.30. The maximum atomic E-state index is 5.37. The Labute approximate surface area is 109 Å². The van der Waals surface area contributed by atoms with E-state index < -0.39 is 0 Å². The molecule has 3 nitrogen and oxygen atoms in total. The molecule has 1 N–H and O–H groups in total. The van der Waals surface area contributed by atoms with E-state index in [1.807, 2.05) is 13.1 Å². The van der Waals surface area contributed by atoms with Crippen molar-refractivity contribution in [2.24, 2.45) is 0 Å². The molecule has 1 aromatic rings. The number of nitrogens with zero attached hydrogens (tertiary/aromatic N) is 1. The molecule has 98 valence electrons. The Morgan fingerprint density at radius 2 is 2.22 bits per heavy atom. The van der Waals surface area contributed by atoms with E-state index in [2.05, 4.69) is 22.4 Å². The van der Waals surface area contributed by atoms with Crippen LogP contribution in [-0.4, -0.2) is 19.1 Å². The molecule has 0 saturated heterocycles. The second-order valence-electron chi connectivity index (χ2n) is 4.70. The van der Waals surface area contributed by atoms with Gasteiger partial charge in [0.2, 0.25) is 5.88 Å². The average Bonchev–Trinajstić information content (AvgIpc) is 2.69. The molecule has 3 heteroatoms. The smallest absolute Gasteiger partial charge is 0.218 e. The van der Waals surface area contributed by atoms with Gasteiger partial charge in [0.25, 0.3) is 0 Å². The van der Waals surface area contributed by atoms with Crippen LogP contribution in [-0.2, 0) is 0 Å². The van der Waals surface area contributed by atoms with E-state index in [9.17, 15) is 0 Å². The molecule has 0 aliphatic heterocycles. The van der Waals surface area contributed by atoms with Crippen LogP contribution in [0.15, 0.2) is 30.0 Å². The monoisotopic (exact) mass is 246 g/mol. The van der Waals surface area contributed by atoms with Crippen LogP contribution in [0.4, 0.5) is 0 Å². The summed E-state index contributed by atoms with van der Waals surface area (Å²) < 4.78 is 5.37. The van der Waals surface area contributed by atoms with Gasteiger partial charge in [-0.2, -0.15) is 0 Å². The minimum absolute atomic E-state index is 0.228. The summed E-state index contributed by atoms with van der Waals surface area (Å²) in [6.45, 7) is 0. The summed E-state index contributed by atoms with van der Waals surface area (Å²) in [6.07, 6.45) is 10.5. The lowest BCUT2D eigenvalue weighted by atomic mass is 9.96. The Balaban J connectivity index is 2.29. The largest absolute Gasteiger partial charge is 0.481 e. The normalized spacial score (nSPS) is 17.8. The van der Waals surface area contributed by atoms with Gasteiger partial charge < -0.3 is 10.1 Å². The number of ether oxygens (including phenoxy) is 1. The molecular weight excluding hydrogens is 224 g/mol. The van der Waals surface area contributed by atoms with Gasteiger partial charge in [-0.1, -0.05) is 24.1 Å². The van der Waals surface area contributed by atoms with Crippen molar-refractivity contribution in [2.75, 3.05) is 14.2 Å². The summed E-state index contributed by atoms with van der Waals surface area (Å²) in [5.74, 6) is 0.724. The Morgan fingerprint density at radius 1 is 1.33 bits per heavy atom. The number of hydrogen-bond acceptors (Lipinski definition) is 3. The molecule has 1 atom stereocenters. The second kappa shape index (κ2) is 6.55. The zero-order valence-electron chi connectivity index (χ0n) is 11.3. The van der Waals surface area contributed by atoms with E-state index in [1.54, 1.807) is 13.3 Å². The van der Waals surface area contributed by atoms with Gasteiger partial charge >= 0.3 is 0 Å². The summed E-state index contributed by atoms with van der Waals surface area (Å²) in [4.78, 5) is 4.29. The number of rotatable bonds is 4. The lowest BCUT2D eigenvalue weighted by Gasteiger charge is -2.21. The first kappa shape index (κ1) is 13.1. The maximum Gasteiger partial charge on any atom is 0.218 e. The molecule has 0 bridgehead atoms. The highest BCUT2D eigenvalue weighted by molar-refractivity contribution is 5.35. The Kier molecular flexibility index (Phi) is 4.76. The van der Waals surface area contributed by atoms with Crippen molar-refractivity contribution >= 4 is 0 Å². The van der Waals surface area contributed by atoms with Crippen molar-refractivity contribution < 1.29 is 4.74 Å². The first-order valence-corrected chi connectivity index (χ1v) is 6.72. The minimum atomic E-state index is 0.228. The molecule has 0 amide bonds. The minimum Gasteiger partial charge on any atom is -0.481 e. The molecular formula is C15H22N2O. The molecule has 0 spiro atoms. The van der Waals surface area contributed by atoms with Crippen LogP contribution in [0.2, 0.25) is 0 Å². The Hall–Kier alpha value is -1.35. The van der Waals surface area contributed by atoms with Crippen molar-refractivity contribution in [3.05, 3.63) is 35.5 Å². The maximum absolute atomic E-state index is 5.37. The van der Waals surface area contributed by atoms with Crippen molar-refractivity contribution in [1.29, 1.82) is 0 Å². The van der Waals surface area contributed by atoms with Gasteiger partial charge in [-0.3, -0.25) is 0 Å². The standard InChI is InChI=1S/C15H22N2O/c1-16-14(12-8-5-3-4-6-9-12)13-10-7-11-17-15(13)18-2/h7-8,10-11,14,16H,3-6,9H2,1-2H3. The van der Waals surface area contributed by atoms with Gasteiger partial charge in [0.15, 0.2) is 0 Å². The number of allylic oxidation sites excluding steroid dienone is 1. The summed E-state index contributed by atoms with van der Waals surface area (Å²) in [5.41, 5.74) is 2.61. The first-order valence-electron chi connectivity index (χ1n) is 6.72. The zero-order chi connectivity index (χ0) is 12.8. The molecule has 0 fully saturated rings. The number of nitrogens with one attached hydrogen (secondary N) is 1. The molecule has 0 saturated carbocycles. The zero-order valence-corrected chi connectivity index (χ0v) is 11.3. The summed E-state index contributed by atoms with van der Waals surface area (Å²) >= 11 is 0. The highest BCUT2D eigenvalue weighted by Gasteiger charge is 2.19. The van der Waals surface area contributed by atoms with Crippen molar-refractivity contribution in [3.63, 3.8) is 0 Å². The molecule has 2 rings (SSSR count). The van der Waals surface area contributed by atoms with Crippen LogP contribution in [0.5, 0.6) is 5.88 Å². The number of pyridine rings is 1. The second-order valence-corrected chi connectivity index (χ2v) is 4.70. The van der Waals surface area contributed by atoms with Crippen molar-refractivity contribution in [1.82, 2.24) is 10.3 Å². The third-order valence-corrected chi connectivity index (χ3v) is 3.54. The van der Waals surface area contributed by atoms with Crippen LogP contribution >= 0.6 is 0 Å². The molecule has 1 heterocycles. The van der Waals surface area contributed by atoms with Gasteiger partial charge in [0, 0.05) is 11.8 Å². The number of aromatic nitrogens is 1. The number of methoxy groups -OCH3 is 1. The fourth-order valence-electron chi connectivity index (χ4n) is 2.64. The SMILES string of the molecule is CNC(C1=CCCCCC1)c1cccnc1OC. The predicted molar refractivity (Wildman–Crippen MR) is 73.8 cm³/mol. The lowest BCUT2D eigenvalue weighted by Crippen LogP contribution is -2.19.